The molecule has 0 spiro atoms. The van der Waals surface area contributed by atoms with E-state index in [0.717, 1.165) is 50.0 Å². The van der Waals surface area contributed by atoms with Crippen LogP contribution < -0.4 is 9.78 Å². The first-order valence-electron chi connectivity index (χ1n) is 9.74. The molecule has 2 aliphatic heterocycles. The topological polar surface area (TPSA) is 41.6 Å². The van der Waals surface area contributed by atoms with Gasteiger partial charge in [-0.05, 0) is 0 Å². The van der Waals surface area contributed by atoms with Crippen molar-refractivity contribution in [1.29, 1.82) is 0 Å². The molecule has 6 heteroatoms. The van der Waals surface area contributed by atoms with Gasteiger partial charge in [0.1, 0.15) is 0 Å². The van der Waals surface area contributed by atoms with Crippen LogP contribution in [0, 0.1) is 5.92 Å². The zero-order valence-corrected chi connectivity index (χ0v) is 18.2. The van der Waals surface area contributed by atoms with Crippen molar-refractivity contribution < 1.29 is 9.53 Å². The molecule has 0 saturated carbocycles. The summed E-state index contributed by atoms with van der Waals surface area (Å²) in [5.74, 6) is -0.127. The molecule has 28 heavy (non-hydrogen) atoms. The van der Waals surface area contributed by atoms with Gasteiger partial charge >= 0.3 is 178 Å². The molecule has 148 valence electrons. The summed E-state index contributed by atoms with van der Waals surface area (Å²) >= 11 is 6.33. The van der Waals surface area contributed by atoms with Crippen molar-refractivity contribution in [2.75, 3.05) is 32.7 Å². The van der Waals surface area contributed by atoms with E-state index >= 15 is 0 Å². The Bertz CT molecular complexity index is 796. The van der Waals surface area contributed by atoms with E-state index < -0.39 is 5.60 Å². The second-order valence-corrected chi connectivity index (χ2v) is 10.1. The summed E-state index contributed by atoms with van der Waals surface area (Å²) in [7, 11) is 0. The number of halogens is 1. The molecule has 2 aliphatic rings. The molecular formula is C22H25ClN2O2Se. The van der Waals surface area contributed by atoms with Gasteiger partial charge in [-0.25, -0.2) is 0 Å². The number of hydrogen-bond donors (Lipinski definition) is 1. The molecule has 2 aromatic carbocycles. The fourth-order valence-corrected chi connectivity index (χ4v) is 6.38. The third-order valence-electron chi connectivity index (χ3n) is 5.48. The number of hydrogen-bond acceptors (Lipinski definition) is 4. The minimum absolute atomic E-state index is 0.0580. The molecule has 2 aromatic rings. The Labute approximate surface area is 177 Å². The van der Waals surface area contributed by atoms with Crippen molar-refractivity contribution in [1.82, 2.24) is 10.2 Å². The summed E-state index contributed by atoms with van der Waals surface area (Å²) in [5, 5.41) is 4.91. The van der Waals surface area contributed by atoms with E-state index in [2.05, 4.69) is 34.5 Å². The van der Waals surface area contributed by atoms with E-state index in [1.807, 2.05) is 30.3 Å². The van der Waals surface area contributed by atoms with Gasteiger partial charge in [-0.3, -0.25) is 0 Å². The van der Waals surface area contributed by atoms with Crippen molar-refractivity contribution in [3.8, 4) is 0 Å². The second-order valence-electron chi connectivity index (χ2n) is 7.48. The molecule has 2 heterocycles. The van der Waals surface area contributed by atoms with Crippen LogP contribution in [-0.4, -0.2) is 58.5 Å². The summed E-state index contributed by atoms with van der Waals surface area (Å²) in [4.78, 5) is 15.2. The number of carbonyl (C=O) groups is 1. The van der Waals surface area contributed by atoms with Crippen molar-refractivity contribution >= 4 is 37.0 Å². The molecule has 4 rings (SSSR count). The maximum absolute atomic E-state index is 12.8. The number of nitrogens with zero attached hydrogens (tertiary/aromatic N) is 1. The molecular weight excluding hydrogens is 439 g/mol. The first kappa shape index (κ1) is 19.9. The fourth-order valence-electron chi connectivity index (χ4n) is 3.96. The normalized spacial score (nSPS) is 25.6. The SMILES string of the molecule is O=C1OC(C[Se]c2ccccc2)(c2ccc(Cl)cc2)CC1CN1CCNCC1. The van der Waals surface area contributed by atoms with Gasteiger partial charge < -0.3 is 0 Å². The third kappa shape index (κ3) is 4.61. The summed E-state index contributed by atoms with van der Waals surface area (Å²) in [6.45, 7) is 4.74. The molecule has 0 aromatic heterocycles. The number of ether oxygens (including phenoxy) is 1. The molecule has 2 saturated heterocycles. The molecule has 0 bridgehead atoms. The first-order valence-corrected chi connectivity index (χ1v) is 12.2. The number of cyclic esters (lactones) is 1. The van der Waals surface area contributed by atoms with Crippen molar-refractivity contribution in [3.63, 3.8) is 0 Å². The van der Waals surface area contributed by atoms with Gasteiger partial charge in [0.15, 0.2) is 0 Å². The van der Waals surface area contributed by atoms with Gasteiger partial charge in [-0.15, -0.1) is 0 Å². The Morgan fingerprint density at radius 2 is 1.82 bits per heavy atom. The van der Waals surface area contributed by atoms with Gasteiger partial charge in [-0.1, -0.05) is 0 Å². The fraction of sp³-hybridized carbons (Fsp3) is 0.409. The van der Waals surface area contributed by atoms with Crippen molar-refractivity contribution in [3.05, 3.63) is 65.2 Å². The molecule has 1 N–H and O–H groups in total. The predicted molar refractivity (Wildman–Crippen MR) is 113 cm³/mol. The van der Waals surface area contributed by atoms with Crippen molar-refractivity contribution in [2.24, 2.45) is 5.92 Å². The zero-order chi connectivity index (χ0) is 19.4. The number of piperazine rings is 1. The van der Waals surface area contributed by atoms with Crippen LogP contribution in [0.3, 0.4) is 0 Å². The van der Waals surface area contributed by atoms with Crippen molar-refractivity contribution in [2.45, 2.75) is 17.3 Å². The maximum atomic E-state index is 12.8. The van der Waals surface area contributed by atoms with E-state index in [1.165, 1.54) is 4.46 Å². The van der Waals surface area contributed by atoms with Crippen LogP contribution in [0.25, 0.3) is 0 Å². The number of rotatable bonds is 6. The van der Waals surface area contributed by atoms with E-state index in [1.54, 1.807) is 0 Å². The number of nitrogens with one attached hydrogen (secondary N) is 1. The Balaban J connectivity index is 1.54. The molecule has 0 amide bonds. The Morgan fingerprint density at radius 3 is 2.54 bits per heavy atom. The van der Waals surface area contributed by atoms with Gasteiger partial charge in [0.25, 0.3) is 0 Å². The van der Waals surface area contributed by atoms with E-state index in [4.69, 9.17) is 16.3 Å². The average Bonchev–Trinajstić information content (AvgIpc) is 3.05. The van der Waals surface area contributed by atoms with Gasteiger partial charge in [-0.2, -0.15) is 0 Å². The quantitative estimate of drug-likeness (QED) is 0.528. The molecule has 4 nitrogen and oxygen atoms in total. The summed E-state index contributed by atoms with van der Waals surface area (Å²) in [6.07, 6.45) is 0.742. The molecule has 0 radical (unpaired) electrons. The average molecular weight is 464 g/mol. The summed E-state index contributed by atoms with van der Waals surface area (Å²) in [5.41, 5.74) is 0.516. The van der Waals surface area contributed by atoms with Crippen LogP contribution in [0.1, 0.15) is 12.0 Å². The van der Waals surface area contributed by atoms with Gasteiger partial charge in [0.05, 0.1) is 0 Å². The number of carbonyl (C=O) groups excluding carboxylic acids is 1. The Morgan fingerprint density at radius 1 is 1.11 bits per heavy atom. The van der Waals surface area contributed by atoms with E-state index in [0.29, 0.717) is 5.02 Å². The Hall–Kier alpha value is -1.36. The number of esters is 1. The molecule has 2 unspecified atom stereocenters. The predicted octanol–water partition coefficient (Wildman–Crippen LogP) is 2.45. The van der Waals surface area contributed by atoms with Crippen LogP contribution in [0.5, 0.6) is 0 Å². The van der Waals surface area contributed by atoms with Crippen LogP contribution in [-0.2, 0) is 15.1 Å². The first-order chi connectivity index (χ1) is 13.6. The molecule has 2 atom stereocenters. The standard InChI is InChI=1S/C22H25ClN2O2Se/c23-19-8-6-18(7-9-19)22(16-28-20-4-2-1-3-5-20)14-17(21(26)27-22)15-25-12-10-24-11-13-25/h1-9,17,24H,10-16H2. The second kappa shape index (κ2) is 8.98. The third-order valence-corrected chi connectivity index (χ3v) is 8.28. The monoisotopic (exact) mass is 464 g/mol. The summed E-state index contributed by atoms with van der Waals surface area (Å²) in [6, 6.07) is 18.3. The van der Waals surface area contributed by atoms with Crippen LogP contribution in [0.2, 0.25) is 10.3 Å². The van der Waals surface area contributed by atoms with Crippen LogP contribution in [0.4, 0.5) is 0 Å². The molecule has 0 aliphatic carbocycles. The molecule has 2 fully saturated rings. The summed E-state index contributed by atoms with van der Waals surface area (Å²) < 4.78 is 7.47. The van der Waals surface area contributed by atoms with Crippen LogP contribution in [0.15, 0.2) is 54.6 Å². The Kier molecular flexibility index (Phi) is 6.39. The van der Waals surface area contributed by atoms with E-state index in [9.17, 15) is 4.79 Å². The van der Waals surface area contributed by atoms with Gasteiger partial charge in [0, 0.05) is 0 Å². The zero-order valence-electron chi connectivity index (χ0n) is 15.8. The van der Waals surface area contributed by atoms with Gasteiger partial charge in [0.2, 0.25) is 0 Å². The minimum atomic E-state index is -0.545. The van der Waals surface area contributed by atoms with Crippen LogP contribution >= 0.6 is 11.6 Å². The van der Waals surface area contributed by atoms with E-state index in [-0.39, 0.29) is 26.8 Å². The number of benzene rings is 2.